The normalized spacial score (nSPS) is 19.7. The summed E-state index contributed by atoms with van der Waals surface area (Å²) in [6.07, 6.45) is 0.601. The molecule has 6 nitrogen and oxygen atoms in total. The van der Waals surface area contributed by atoms with Gasteiger partial charge in [-0.3, -0.25) is 19.3 Å². The van der Waals surface area contributed by atoms with Crippen LogP contribution in [0.3, 0.4) is 0 Å². The molecule has 0 aliphatic carbocycles. The maximum atomic E-state index is 12.0. The Bertz CT molecular complexity index is 379. The number of amides is 2. The third kappa shape index (κ3) is 3.53. The molecule has 1 fully saturated rings. The quantitative estimate of drug-likeness (QED) is 0.555. The Kier molecular flexibility index (Phi) is 5.05. The van der Waals surface area contributed by atoms with E-state index in [0.29, 0.717) is 13.0 Å². The largest absolute Gasteiger partial charge is 0.468 e. The van der Waals surface area contributed by atoms with E-state index in [1.807, 2.05) is 6.92 Å². The van der Waals surface area contributed by atoms with Crippen LogP contribution >= 0.6 is 0 Å². The van der Waals surface area contributed by atoms with E-state index in [1.54, 1.807) is 13.8 Å². The van der Waals surface area contributed by atoms with Crippen molar-refractivity contribution >= 4 is 17.8 Å². The molecule has 1 N–H and O–H groups in total. The number of esters is 1. The van der Waals surface area contributed by atoms with Gasteiger partial charge in [0.25, 0.3) is 0 Å². The van der Waals surface area contributed by atoms with E-state index in [9.17, 15) is 14.4 Å². The maximum absolute atomic E-state index is 12.0. The molecule has 1 heterocycles. The molecular weight excluding hydrogens is 248 g/mol. The second kappa shape index (κ2) is 6.14. The van der Waals surface area contributed by atoms with Gasteiger partial charge < -0.3 is 10.1 Å². The van der Waals surface area contributed by atoms with E-state index >= 15 is 0 Å². The zero-order valence-electron chi connectivity index (χ0n) is 12.0. The van der Waals surface area contributed by atoms with E-state index < -0.39 is 11.5 Å². The molecule has 0 spiro atoms. The number of rotatable bonds is 6. The van der Waals surface area contributed by atoms with Gasteiger partial charge in [0.15, 0.2) is 0 Å². The third-order valence-electron chi connectivity index (χ3n) is 3.30. The Morgan fingerprint density at radius 1 is 1.47 bits per heavy atom. The number of ether oxygens (including phenoxy) is 1. The number of carbonyl (C=O) groups excluding carboxylic acids is 3. The van der Waals surface area contributed by atoms with E-state index in [4.69, 9.17) is 0 Å². The SMILES string of the molecule is CCNC(CCN1C(=O)CC(C)(C)C1=O)C(=O)OC. The smallest absolute Gasteiger partial charge is 0.322 e. The molecule has 1 saturated heterocycles. The second-order valence-corrected chi connectivity index (χ2v) is 5.33. The third-order valence-corrected chi connectivity index (χ3v) is 3.30. The molecule has 2 amide bonds. The van der Waals surface area contributed by atoms with Crippen LogP contribution in [0.1, 0.15) is 33.6 Å². The molecule has 1 atom stereocenters. The van der Waals surface area contributed by atoms with Crippen molar-refractivity contribution in [3.05, 3.63) is 0 Å². The average molecular weight is 270 g/mol. The number of imide groups is 1. The molecular formula is C13H22N2O4. The van der Waals surface area contributed by atoms with Crippen molar-refractivity contribution in [3.8, 4) is 0 Å². The van der Waals surface area contributed by atoms with Crippen molar-refractivity contribution in [1.29, 1.82) is 0 Å². The van der Waals surface area contributed by atoms with Gasteiger partial charge in [0.1, 0.15) is 6.04 Å². The molecule has 1 unspecified atom stereocenters. The van der Waals surface area contributed by atoms with Gasteiger partial charge in [0, 0.05) is 13.0 Å². The monoisotopic (exact) mass is 270 g/mol. The first-order valence-electron chi connectivity index (χ1n) is 6.49. The summed E-state index contributed by atoms with van der Waals surface area (Å²) in [5.74, 6) is -0.715. The molecule has 1 aliphatic rings. The number of likely N-dealkylation sites (tertiary alicyclic amines) is 1. The highest BCUT2D eigenvalue weighted by Crippen LogP contribution is 2.31. The van der Waals surface area contributed by atoms with Crippen LogP contribution in [0.4, 0.5) is 0 Å². The summed E-state index contributed by atoms with van der Waals surface area (Å²) in [6.45, 7) is 6.26. The summed E-state index contributed by atoms with van der Waals surface area (Å²) in [4.78, 5) is 36.6. The van der Waals surface area contributed by atoms with Gasteiger partial charge in [-0.15, -0.1) is 0 Å². The minimum absolute atomic E-state index is 0.169. The number of nitrogens with zero attached hydrogens (tertiary/aromatic N) is 1. The fourth-order valence-corrected chi connectivity index (χ4v) is 2.20. The van der Waals surface area contributed by atoms with Crippen LogP contribution in [0, 0.1) is 5.41 Å². The Morgan fingerprint density at radius 2 is 2.11 bits per heavy atom. The number of nitrogens with one attached hydrogen (secondary N) is 1. The minimum Gasteiger partial charge on any atom is -0.468 e. The number of likely N-dealkylation sites (N-methyl/N-ethyl adjacent to an activating group) is 1. The van der Waals surface area contributed by atoms with Gasteiger partial charge in [0.05, 0.1) is 12.5 Å². The zero-order valence-corrected chi connectivity index (χ0v) is 12.0. The van der Waals surface area contributed by atoms with Crippen molar-refractivity contribution in [2.75, 3.05) is 20.2 Å². The van der Waals surface area contributed by atoms with Crippen molar-refractivity contribution < 1.29 is 19.1 Å². The average Bonchev–Trinajstić information content (AvgIpc) is 2.54. The summed E-state index contributed by atoms with van der Waals surface area (Å²) < 4.78 is 4.68. The summed E-state index contributed by atoms with van der Waals surface area (Å²) in [7, 11) is 1.32. The van der Waals surface area contributed by atoms with E-state index in [1.165, 1.54) is 12.0 Å². The zero-order chi connectivity index (χ0) is 14.6. The molecule has 0 aromatic heterocycles. The Labute approximate surface area is 113 Å². The fourth-order valence-electron chi connectivity index (χ4n) is 2.20. The number of hydrogen-bond acceptors (Lipinski definition) is 5. The summed E-state index contributed by atoms with van der Waals surface area (Å²) in [5, 5.41) is 2.98. The topological polar surface area (TPSA) is 75.7 Å². The fraction of sp³-hybridized carbons (Fsp3) is 0.769. The number of hydrogen-bond donors (Lipinski definition) is 1. The molecule has 108 valence electrons. The number of carbonyl (C=O) groups is 3. The lowest BCUT2D eigenvalue weighted by Gasteiger charge is -2.21. The van der Waals surface area contributed by atoms with Crippen LogP contribution in [0.5, 0.6) is 0 Å². The molecule has 19 heavy (non-hydrogen) atoms. The van der Waals surface area contributed by atoms with Crippen molar-refractivity contribution in [3.63, 3.8) is 0 Å². The van der Waals surface area contributed by atoms with Crippen LogP contribution in [-0.4, -0.2) is 48.9 Å². The molecule has 0 aromatic carbocycles. The first kappa shape index (κ1) is 15.6. The van der Waals surface area contributed by atoms with Gasteiger partial charge in [-0.1, -0.05) is 20.8 Å². The van der Waals surface area contributed by atoms with E-state index in [0.717, 1.165) is 0 Å². The molecule has 0 radical (unpaired) electrons. The maximum Gasteiger partial charge on any atom is 0.322 e. The highest BCUT2D eigenvalue weighted by atomic mass is 16.5. The molecule has 6 heteroatoms. The van der Waals surface area contributed by atoms with Gasteiger partial charge in [-0.05, 0) is 13.0 Å². The molecule has 0 saturated carbocycles. The minimum atomic E-state index is -0.629. The lowest BCUT2D eigenvalue weighted by atomic mass is 9.92. The van der Waals surface area contributed by atoms with Gasteiger partial charge in [-0.25, -0.2) is 0 Å². The molecule has 0 aromatic rings. The van der Waals surface area contributed by atoms with Gasteiger partial charge in [-0.2, -0.15) is 0 Å². The van der Waals surface area contributed by atoms with E-state index in [-0.39, 0.29) is 30.7 Å². The van der Waals surface area contributed by atoms with Crippen LogP contribution in [0.2, 0.25) is 0 Å². The molecule has 1 rings (SSSR count). The molecule has 0 bridgehead atoms. The standard InChI is InChI=1S/C13H22N2O4/c1-5-14-9(11(17)19-4)6-7-15-10(16)8-13(2,3)12(15)18/h9,14H,5-8H2,1-4H3. The highest BCUT2D eigenvalue weighted by Gasteiger charge is 2.44. The van der Waals surface area contributed by atoms with Gasteiger partial charge >= 0.3 is 5.97 Å². The van der Waals surface area contributed by atoms with Crippen LogP contribution in [0.15, 0.2) is 0 Å². The Morgan fingerprint density at radius 3 is 2.53 bits per heavy atom. The van der Waals surface area contributed by atoms with Crippen molar-refractivity contribution in [1.82, 2.24) is 10.2 Å². The predicted molar refractivity (Wildman–Crippen MR) is 69.2 cm³/mol. The first-order valence-corrected chi connectivity index (χ1v) is 6.49. The Hall–Kier alpha value is -1.43. The molecule has 1 aliphatic heterocycles. The van der Waals surface area contributed by atoms with E-state index in [2.05, 4.69) is 10.1 Å². The highest BCUT2D eigenvalue weighted by molar-refractivity contribution is 6.05. The lowest BCUT2D eigenvalue weighted by molar-refractivity contribution is -0.145. The van der Waals surface area contributed by atoms with Crippen molar-refractivity contribution in [2.24, 2.45) is 5.41 Å². The van der Waals surface area contributed by atoms with Gasteiger partial charge in [0.2, 0.25) is 11.8 Å². The first-order chi connectivity index (χ1) is 8.83. The number of methoxy groups -OCH3 is 1. The second-order valence-electron chi connectivity index (χ2n) is 5.33. The van der Waals surface area contributed by atoms with Crippen LogP contribution < -0.4 is 5.32 Å². The predicted octanol–water partition coefficient (Wildman–Crippen LogP) is 0.313. The van der Waals surface area contributed by atoms with Crippen LogP contribution in [0.25, 0.3) is 0 Å². The summed E-state index contributed by atoms with van der Waals surface area (Å²) in [5.41, 5.74) is -0.629. The van der Waals surface area contributed by atoms with Crippen molar-refractivity contribution in [2.45, 2.75) is 39.7 Å². The van der Waals surface area contributed by atoms with Crippen LogP contribution in [-0.2, 0) is 19.1 Å². The summed E-state index contributed by atoms with van der Waals surface area (Å²) >= 11 is 0. The lowest BCUT2D eigenvalue weighted by Crippen LogP contribution is -2.42. The Balaban J connectivity index is 2.62. The summed E-state index contributed by atoms with van der Waals surface area (Å²) in [6, 6.07) is -0.487.